The molecule has 4 rings (SSSR count). The number of sulfonamides is 1. The van der Waals surface area contributed by atoms with E-state index in [1.54, 1.807) is 17.9 Å². The van der Waals surface area contributed by atoms with Gasteiger partial charge in [-0.3, -0.25) is 9.59 Å². The molecule has 2 amide bonds. The van der Waals surface area contributed by atoms with E-state index in [4.69, 9.17) is 8.83 Å². The minimum Gasteiger partial charge on any atom is -0.459 e. The van der Waals surface area contributed by atoms with Crippen LogP contribution in [0.25, 0.3) is 0 Å². The van der Waals surface area contributed by atoms with E-state index in [-0.39, 0.29) is 34.3 Å². The number of carbonyl (C=O) groups is 2. The molecule has 2 aliphatic rings. The van der Waals surface area contributed by atoms with Crippen LogP contribution in [0.1, 0.15) is 58.1 Å². The Morgan fingerprint density at radius 3 is 2.39 bits per heavy atom. The normalized spacial score (nSPS) is 18.5. The van der Waals surface area contributed by atoms with Gasteiger partial charge >= 0.3 is 0 Å². The van der Waals surface area contributed by atoms with Crippen molar-refractivity contribution < 1.29 is 26.8 Å². The second kappa shape index (κ2) is 8.51. The Bertz CT molecular complexity index is 1070. The summed E-state index contributed by atoms with van der Waals surface area (Å²) in [5, 5.41) is 2.95. The minimum atomic E-state index is -3.65. The molecule has 4 heterocycles. The number of hydrogen-bond donors (Lipinski definition) is 1. The molecule has 0 atom stereocenters. The minimum absolute atomic E-state index is 0.0315. The molecule has 2 aromatic rings. The van der Waals surface area contributed by atoms with Gasteiger partial charge in [0.15, 0.2) is 11.5 Å². The van der Waals surface area contributed by atoms with Crippen LogP contribution in [-0.2, 0) is 10.0 Å². The average molecular weight is 450 g/mol. The number of amides is 2. The second-order valence-electron chi connectivity index (χ2n) is 8.11. The zero-order valence-corrected chi connectivity index (χ0v) is 18.5. The lowest BCUT2D eigenvalue weighted by atomic mass is 10.0. The maximum atomic E-state index is 12.9. The van der Waals surface area contributed by atoms with E-state index in [1.807, 2.05) is 6.92 Å². The number of carbonyl (C=O) groups excluding carboxylic acids is 2. The fourth-order valence-electron chi connectivity index (χ4n) is 4.13. The predicted octanol–water partition coefficient (Wildman–Crippen LogP) is 2.31. The van der Waals surface area contributed by atoms with E-state index >= 15 is 0 Å². The summed E-state index contributed by atoms with van der Waals surface area (Å²) >= 11 is 0. The third-order valence-electron chi connectivity index (χ3n) is 5.95. The van der Waals surface area contributed by atoms with Crippen LogP contribution in [0.15, 0.2) is 32.1 Å². The summed E-state index contributed by atoms with van der Waals surface area (Å²) in [4.78, 5) is 26.9. The smallest absolute Gasteiger partial charge is 0.289 e. The average Bonchev–Trinajstić information content (AvgIpc) is 3.49. The summed E-state index contributed by atoms with van der Waals surface area (Å²) in [6.07, 6.45) is 4.35. The number of hydrogen-bond acceptors (Lipinski definition) is 6. The van der Waals surface area contributed by atoms with Gasteiger partial charge in [-0.25, -0.2) is 8.42 Å². The van der Waals surface area contributed by atoms with Gasteiger partial charge in [-0.2, -0.15) is 4.31 Å². The molecule has 31 heavy (non-hydrogen) atoms. The zero-order valence-electron chi connectivity index (χ0n) is 17.7. The molecular formula is C21H27N3O6S. The molecule has 0 spiro atoms. The highest BCUT2D eigenvalue weighted by Crippen LogP contribution is 2.27. The van der Waals surface area contributed by atoms with Crippen molar-refractivity contribution in [3.05, 3.63) is 41.2 Å². The van der Waals surface area contributed by atoms with E-state index in [2.05, 4.69) is 5.32 Å². The molecule has 168 valence electrons. The molecule has 2 saturated heterocycles. The molecule has 0 bridgehead atoms. The Kier molecular flexibility index (Phi) is 5.94. The molecule has 0 radical (unpaired) electrons. The number of nitrogens with one attached hydrogen (secondary N) is 1. The van der Waals surface area contributed by atoms with Gasteiger partial charge in [0.25, 0.3) is 11.8 Å². The maximum absolute atomic E-state index is 12.9. The SMILES string of the molecule is Cc1ccoc1C(=O)NC1CCN(C(=O)c2cc(S(=O)(=O)N3CCCC3)c(C)o2)CC1. The molecule has 0 unspecified atom stereocenters. The quantitative estimate of drug-likeness (QED) is 0.749. The van der Waals surface area contributed by atoms with Crippen LogP contribution in [0, 0.1) is 13.8 Å². The number of likely N-dealkylation sites (tertiary alicyclic amines) is 1. The predicted molar refractivity (Wildman–Crippen MR) is 111 cm³/mol. The van der Waals surface area contributed by atoms with Gasteiger partial charge in [-0.15, -0.1) is 0 Å². The number of furan rings is 2. The summed E-state index contributed by atoms with van der Waals surface area (Å²) in [7, 11) is -3.65. The lowest BCUT2D eigenvalue weighted by Gasteiger charge is -2.31. The van der Waals surface area contributed by atoms with Gasteiger partial charge in [-0.05, 0) is 45.6 Å². The molecule has 10 heteroatoms. The van der Waals surface area contributed by atoms with E-state index in [0.29, 0.717) is 44.8 Å². The van der Waals surface area contributed by atoms with E-state index in [1.165, 1.54) is 16.6 Å². The largest absolute Gasteiger partial charge is 0.459 e. The van der Waals surface area contributed by atoms with Crippen molar-refractivity contribution in [3.63, 3.8) is 0 Å². The monoisotopic (exact) mass is 449 g/mol. The Labute approximate surface area is 181 Å². The fourth-order valence-corrected chi connectivity index (χ4v) is 5.81. The second-order valence-corrected chi connectivity index (χ2v) is 10.0. The third-order valence-corrected chi connectivity index (χ3v) is 7.96. The Morgan fingerprint density at radius 1 is 1.10 bits per heavy atom. The zero-order chi connectivity index (χ0) is 22.2. The van der Waals surface area contributed by atoms with E-state index < -0.39 is 10.0 Å². The van der Waals surface area contributed by atoms with Crippen LogP contribution in [0.2, 0.25) is 0 Å². The van der Waals surface area contributed by atoms with Crippen LogP contribution < -0.4 is 5.32 Å². The molecule has 0 aliphatic carbocycles. The first-order chi connectivity index (χ1) is 14.8. The van der Waals surface area contributed by atoms with Crippen molar-refractivity contribution in [1.82, 2.24) is 14.5 Å². The summed E-state index contributed by atoms with van der Waals surface area (Å²) < 4.78 is 37.9. The van der Waals surface area contributed by atoms with Gasteiger partial charge < -0.3 is 19.1 Å². The molecule has 0 aromatic carbocycles. The number of piperidine rings is 1. The van der Waals surface area contributed by atoms with Crippen molar-refractivity contribution in [2.45, 2.75) is 50.5 Å². The molecule has 1 N–H and O–H groups in total. The first kappa shape index (κ1) is 21.6. The Hall–Kier alpha value is -2.59. The molecular weight excluding hydrogens is 422 g/mol. The molecule has 0 saturated carbocycles. The highest BCUT2D eigenvalue weighted by molar-refractivity contribution is 7.89. The van der Waals surface area contributed by atoms with Crippen LogP contribution in [0.4, 0.5) is 0 Å². The lowest BCUT2D eigenvalue weighted by molar-refractivity contribution is 0.0664. The molecule has 2 aromatic heterocycles. The maximum Gasteiger partial charge on any atom is 0.289 e. The fraction of sp³-hybridized carbons (Fsp3) is 0.524. The topological polar surface area (TPSA) is 113 Å². The third kappa shape index (κ3) is 4.27. The van der Waals surface area contributed by atoms with Crippen molar-refractivity contribution in [3.8, 4) is 0 Å². The van der Waals surface area contributed by atoms with Crippen molar-refractivity contribution >= 4 is 21.8 Å². The summed E-state index contributed by atoms with van der Waals surface area (Å²) in [5.74, 6) is -0.0326. The lowest BCUT2D eigenvalue weighted by Crippen LogP contribution is -2.46. The van der Waals surface area contributed by atoms with Gasteiger partial charge in [-0.1, -0.05) is 0 Å². The molecule has 2 fully saturated rings. The van der Waals surface area contributed by atoms with E-state index in [9.17, 15) is 18.0 Å². The number of aryl methyl sites for hydroxylation is 2. The highest BCUT2D eigenvalue weighted by Gasteiger charge is 2.33. The Morgan fingerprint density at radius 2 is 1.77 bits per heavy atom. The van der Waals surface area contributed by atoms with Gasteiger partial charge in [0.05, 0.1) is 6.26 Å². The summed E-state index contributed by atoms with van der Waals surface area (Å²) in [5.41, 5.74) is 0.776. The first-order valence-corrected chi connectivity index (χ1v) is 12.0. The van der Waals surface area contributed by atoms with Gasteiger partial charge in [0.1, 0.15) is 10.7 Å². The van der Waals surface area contributed by atoms with Crippen LogP contribution in [0.5, 0.6) is 0 Å². The first-order valence-electron chi connectivity index (χ1n) is 10.5. The van der Waals surface area contributed by atoms with Crippen LogP contribution in [0.3, 0.4) is 0 Å². The van der Waals surface area contributed by atoms with Crippen LogP contribution >= 0.6 is 0 Å². The number of nitrogens with zero attached hydrogens (tertiary/aromatic N) is 2. The van der Waals surface area contributed by atoms with Crippen molar-refractivity contribution in [1.29, 1.82) is 0 Å². The summed E-state index contributed by atoms with van der Waals surface area (Å²) in [6.45, 7) is 5.24. The summed E-state index contributed by atoms with van der Waals surface area (Å²) in [6, 6.07) is 3.02. The molecule has 9 nitrogen and oxygen atoms in total. The van der Waals surface area contributed by atoms with Crippen LogP contribution in [-0.4, -0.2) is 61.7 Å². The van der Waals surface area contributed by atoms with Gasteiger partial charge in [0.2, 0.25) is 10.0 Å². The standard InChI is InChI=1S/C21H27N3O6S/c1-14-7-12-29-19(14)20(25)22-16-5-10-23(11-6-16)21(26)17-13-18(15(2)30-17)31(27,28)24-8-3-4-9-24/h7,12-13,16H,3-6,8-11H2,1-2H3,(H,22,25). The van der Waals surface area contributed by atoms with E-state index in [0.717, 1.165) is 18.4 Å². The molecule has 2 aliphatic heterocycles. The Balaban J connectivity index is 1.38. The van der Waals surface area contributed by atoms with Gasteiger partial charge in [0, 0.05) is 43.9 Å². The number of rotatable bonds is 5. The van der Waals surface area contributed by atoms with Crippen molar-refractivity contribution in [2.75, 3.05) is 26.2 Å². The highest BCUT2D eigenvalue weighted by atomic mass is 32.2. The van der Waals surface area contributed by atoms with Crippen molar-refractivity contribution in [2.24, 2.45) is 0 Å².